The van der Waals surface area contributed by atoms with Crippen molar-refractivity contribution in [1.29, 1.82) is 0 Å². The number of aliphatic hydroxyl groups excluding tert-OH is 1. The Kier molecular flexibility index (Phi) is 5.18. The zero-order chi connectivity index (χ0) is 17.1. The van der Waals surface area contributed by atoms with Gasteiger partial charge in [0.25, 0.3) is 11.8 Å². The van der Waals surface area contributed by atoms with Crippen LogP contribution in [0.3, 0.4) is 0 Å². The number of amides is 2. The second kappa shape index (κ2) is 7.34. The Labute approximate surface area is 152 Å². The van der Waals surface area contributed by atoms with Crippen molar-refractivity contribution in [2.24, 2.45) is 0 Å². The molecule has 0 bridgehead atoms. The maximum atomic E-state index is 12.9. The first-order valence-corrected chi connectivity index (χ1v) is 9.09. The van der Waals surface area contributed by atoms with Crippen LogP contribution in [0.15, 0.2) is 64.0 Å². The molecule has 0 radical (unpaired) electrons. The number of benzene rings is 2. The maximum absolute atomic E-state index is 12.9. The molecule has 4 nitrogen and oxygen atoms in total. The van der Waals surface area contributed by atoms with Crippen molar-refractivity contribution < 1.29 is 14.7 Å². The van der Waals surface area contributed by atoms with E-state index in [1.165, 1.54) is 16.7 Å². The van der Waals surface area contributed by atoms with Gasteiger partial charge < -0.3 is 5.11 Å². The highest BCUT2D eigenvalue weighted by molar-refractivity contribution is 9.10. The topological polar surface area (TPSA) is 57.6 Å². The Morgan fingerprint density at radius 1 is 0.958 bits per heavy atom. The smallest absolute Gasteiger partial charge is 0.272 e. The highest BCUT2D eigenvalue weighted by atomic mass is 79.9. The average molecular weight is 404 g/mol. The number of hydrogen-bond acceptors (Lipinski definition) is 4. The lowest BCUT2D eigenvalue weighted by Gasteiger charge is -2.15. The summed E-state index contributed by atoms with van der Waals surface area (Å²) in [6, 6.07) is 16.2. The van der Waals surface area contributed by atoms with Crippen LogP contribution in [-0.2, 0) is 9.59 Å². The number of carbonyl (C=O) groups is 2. The van der Waals surface area contributed by atoms with Gasteiger partial charge in [-0.05, 0) is 29.8 Å². The number of anilines is 1. The summed E-state index contributed by atoms with van der Waals surface area (Å²) in [7, 11) is 0. The molecular formula is C18H14BrNO3S. The Bertz CT molecular complexity index is 803. The predicted octanol–water partition coefficient (Wildman–Crippen LogP) is 3.46. The molecule has 122 valence electrons. The van der Waals surface area contributed by atoms with Gasteiger partial charge in [0.1, 0.15) is 0 Å². The van der Waals surface area contributed by atoms with E-state index < -0.39 is 0 Å². The fourth-order valence-corrected chi connectivity index (χ4v) is 3.60. The molecule has 0 fully saturated rings. The monoisotopic (exact) mass is 403 g/mol. The number of imide groups is 1. The molecule has 2 aromatic carbocycles. The second-order valence-electron chi connectivity index (χ2n) is 5.06. The normalized spacial score (nSPS) is 14.7. The Balaban J connectivity index is 2.05. The SMILES string of the molecule is O=C1C(SCCO)=C(c2ccccc2)C(=O)N1c1ccc(Br)cc1. The lowest BCUT2D eigenvalue weighted by Crippen LogP contribution is -2.31. The number of aliphatic hydroxyl groups is 1. The highest BCUT2D eigenvalue weighted by Gasteiger charge is 2.39. The van der Waals surface area contributed by atoms with Crippen LogP contribution in [0.2, 0.25) is 0 Å². The van der Waals surface area contributed by atoms with Crippen LogP contribution in [0.25, 0.3) is 5.57 Å². The van der Waals surface area contributed by atoms with Gasteiger partial charge in [-0.1, -0.05) is 46.3 Å². The summed E-state index contributed by atoms with van der Waals surface area (Å²) in [6.07, 6.45) is 0. The second-order valence-corrected chi connectivity index (χ2v) is 7.09. The number of nitrogens with zero attached hydrogens (tertiary/aromatic N) is 1. The molecule has 0 spiro atoms. The third-order valence-electron chi connectivity index (χ3n) is 3.53. The lowest BCUT2D eigenvalue weighted by atomic mass is 10.1. The Morgan fingerprint density at radius 3 is 2.25 bits per heavy atom. The van der Waals surface area contributed by atoms with Gasteiger partial charge in [0.15, 0.2) is 0 Å². The summed E-state index contributed by atoms with van der Waals surface area (Å²) in [4.78, 5) is 27.3. The lowest BCUT2D eigenvalue weighted by molar-refractivity contribution is -0.119. The quantitative estimate of drug-likeness (QED) is 0.776. The molecule has 0 aromatic heterocycles. The van der Waals surface area contributed by atoms with Crippen LogP contribution in [0.1, 0.15) is 5.56 Å². The summed E-state index contributed by atoms with van der Waals surface area (Å²) in [5.74, 6) is -0.327. The van der Waals surface area contributed by atoms with E-state index in [0.717, 1.165) is 4.47 Å². The highest BCUT2D eigenvalue weighted by Crippen LogP contribution is 2.38. The van der Waals surface area contributed by atoms with Crippen LogP contribution in [0, 0.1) is 0 Å². The van der Waals surface area contributed by atoms with E-state index >= 15 is 0 Å². The number of rotatable bonds is 5. The van der Waals surface area contributed by atoms with E-state index in [0.29, 0.717) is 27.5 Å². The van der Waals surface area contributed by atoms with Crippen molar-refractivity contribution in [3.05, 3.63) is 69.5 Å². The van der Waals surface area contributed by atoms with Crippen LogP contribution >= 0.6 is 27.7 Å². The van der Waals surface area contributed by atoms with Gasteiger partial charge in [-0.25, -0.2) is 4.90 Å². The van der Waals surface area contributed by atoms with Crippen molar-refractivity contribution in [3.63, 3.8) is 0 Å². The molecule has 0 unspecified atom stereocenters. The summed E-state index contributed by atoms with van der Waals surface area (Å²) in [5.41, 5.74) is 1.62. The number of halogens is 1. The summed E-state index contributed by atoms with van der Waals surface area (Å²) < 4.78 is 0.872. The number of carbonyl (C=O) groups excluding carboxylic acids is 2. The minimum Gasteiger partial charge on any atom is -0.396 e. The van der Waals surface area contributed by atoms with Crippen LogP contribution in [-0.4, -0.2) is 29.3 Å². The first-order valence-electron chi connectivity index (χ1n) is 7.31. The molecular weight excluding hydrogens is 390 g/mol. The maximum Gasteiger partial charge on any atom is 0.272 e. The molecule has 0 saturated carbocycles. The molecule has 3 rings (SSSR count). The van der Waals surface area contributed by atoms with Gasteiger partial charge in [0, 0.05) is 10.2 Å². The van der Waals surface area contributed by atoms with Crippen molar-refractivity contribution in [1.82, 2.24) is 0 Å². The summed E-state index contributed by atoms with van der Waals surface area (Å²) >= 11 is 4.56. The minimum atomic E-state index is -0.348. The zero-order valence-electron chi connectivity index (χ0n) is 12.6. The first-order chi connectivity index (χ1) is 11.6. The first kappa shape index (κ1) is 17.0. The van der Waals surface area contributed by atoms with Crippen LogP contribution < -0.4 is 4.90 Å². The number of thioether (sulfide) groups is 1. The van der Waals surface area contributed by atoms with Gasteiger partial charge in [0.05, 0.1) is 22.8 Å². The van der Waals surface area contributed by atoms with Crippen molar-refractivity contribution in [3.8, 4) is 0 Å². The molecule has 6 heteroatoms. The zero-order valence-corrected chi connectivity index (χ0v) is 15.0. The molecule has 0 atom stereocenters. The van der Waals surface area contributed by atoms with E-state index in [1.54, 1.807) is 24.3 Å². The van der Waals surface area contributed by atoms with Gasteiger partial charge in [-0.3, -0.25) is 9.59 Å². The van der Waals surface area contributed by atoms with E-state index in [-0.39, 0.29) is 18.4 Å². The third-order valence-corrected chi connectivity index (χ3v) is 5.11. The molecule has 24 heavy (non-hydrogen) atoms. The van der Waals surface area contributed by atoms with Crippen molar-refractivity contribution >= 4 is 50.8 Å². The van der Waals surface area contributed by atoms with Crippen molar-refractivity contribution in [2.75, 3.05) is 17.3 Å². The van der Waals surface area contributed by atoms with Gasteiger partial charge in [-0.2, -0.15) is 0 Å². The van der Waals surface area contributed by atoms with Crippen LogP contribution in [0.5, 0.6) is 0 Å². The van der Waals surface area contributed by atoms with Crippen molar-refractivity contribution in [2.45, 2.75) is 0 Å². The van der Waals surface area contributed by atoms with E-state index in [2.05, 4.69) is 15.9 Å². The van der Waals surface area contributed by atoms with Gasteiger partial charge in [0.2, 0.25) is 0 Å². The summed E-state index contributed by atoms with van der Waals surface area (Å²) in [5, 5.41) is 9.09. The molecule has 0 aliphatic carbocycles. The number of hydrogen-bond donors (Lipinski definition) is 1. The molecule has 0 saturated heterocycles. The molecule has 2 amide bonds. The fourth-order valence-electron chi connectivity index (χ4n) is 2.48. The summed E-state index contributed by atoms with van der Waals surface area (Å²) in [6.45, 7) is -0.0595. The average Bonchev–Trinajstić information content (AvgIpc) is 2.85. The fraction of sp³-hybridized carbons (Fsp3) is 0.111. The standard InChI is InChI=1S/C18H14BrNO3S/c19-13-6-8-14(9-7-13)20-17(22)15(12-4-2-1-3-5-12)16(18(20)23)24-11-10-21/h1-9,21H,10-11H2. The molecule has 1 N–H and O–H groups in total. The predicted molar refractivity (Wildman–Crippen MR) is 99.5 cm³/mol. The molecule has 1 heterocycles. The van der Waals surface area contributed by atoms with Gasteiger partial charge >= 0.3 is 0 Å². The minimum absolute atomic E-state index is 0.0595. The Hall–Kier alpha value is -1.89. The van der Waals surface area contributed by atoms with E-state index in [9.17, 15) is 9.59 Å². The Morgan fingerprint density at radius 2 is 1.62 bits per heavy atom. The molecule has 1 aliphatic rings. The van der Waals surface area contributed by atoms with E-state index in [1.807, 2.05) is 30.3 Å². The molecule has 1 aliphatic heterocycles. The largest absolute Gasteiger partial charge is 0.396 e. The molecule has 2 aromatic rings. The van der Waals surface area contributed by atoms with E-state index in [4.69, 9.17) is 5.11 Å². The third kappa shape index (κ3) is 3.17. The van der Waals surface area contributed by atoms with Crippen LogP contribution in [0.4, 0.5) is 5.69 Å². The van der Waals surface area contributed by atoms with Gasteiger partial charge in [-0.15, -0.1) is 11.8 Å².